The zero-order valence-corrected chi connectivity index (χ0v) is 46.7. The minimum atomic E-state index is -0.798. The second-order valence-corrected chi connectivity index (χ2v) is 19.9. The monoisotopic (exact) mass is 989 g/mol. The Bertz CT molecular complexity index is 1370. The molecule has 0 aromatic heterocycles. The standard InChI is InChI=1S/C65H112O6/c1-4-7-10-13-16-19-21-23-25-27-29-31-32-34-35-37-39-41-43-46-49-52-55-58-64(67)70-61-62(60-69-63(66)57-54-51-48-45-18-15-12-9-6-3)71-65(68)59-56-53-50-47-44-42-40-38-36-33-30-28-26-24-22-20-17-14-11-8-5-2/h8,11,17,20,24,26-27,29-30,33,38,40,44,47,62H,4-7,9-10,12-16,18-19,21-23,25,28,31-32,34-37,39,41-43,45-46,48-61H2,1-3H3/b11-8-,20-17-,26-24-,29-27-,33-30-,40-38-,47-44-. The SMILES string of the molecule is CC/C=C\C/C=C\C/C=C\C/C=C\C/C=C\C/C=C\CCCCC(=O)OC(COC(=O)CCCCCCCCCCC)COC(=O)CCCCCCCCCCCCC/C=C\CCCCCCCCCC. The van der Waals surface area contributed by atoms with Crippen LogP contribution in [0.15, 0.2) is 85.1 Å². The summed E-state index contributed by atoms with van der Waals surface area (Å²) >= 11 is 0. The van der Waals surface area contributed by atoms with E-state index >= 15 is 0 Å². The zero-order chi connectivity index (χ0) is 51.4. The van der Waals surface area contributed by atoms with Crippen LogP contribution in [-0.4, -0.2) is 37.2 Å². The molecule has 0 aliphatic heterocycles. The van der Waals surface area contributed by atoms with E-state index in [2.05, 4.69) is 106 Å². The van der Waals surface area contributed by atoms with Crippen molar-refractivity contribution in [3.8, 4) is 0 Å². The summed E-state index contributed by atoms with van der Waals surface area (Å²) in [6.07, 6.45) is 77.4. The average molecular weight is 990 g/mol. The van der Waals surface area contributed by atoms with Crippen LogP contribution in [0.25, 0.3) is 0 Å². The first-order valence-electron chi connectivity index (χ1n) is 30.1. The fourth-order valence-electron chi connectivity index (χ4n) is 8.38. The first kappa shape index (κ1) is 67.6. The predicted octanol–water partition coefficient (Wildman–Crippen LogP) is 20.3. The molecule has 0 N–H and O–H groups in total. The summed E-state index contributed by atoms with van der Waals surface area (Å²) in [6.45, 7) is 6.49. The Morgan fingerprint density at radius 2 is 0.549 bits per heavy atom. The van der Waals surface area contributed by atoms with Crippen LogP contribution >= 0.6 is 0 Å². The summed E-state index contributed by atoms with van der Waals surface area (Å²) in [5.41, 5.74) is 0. The lowest BCUT2D eigenvalue weighted by Crippen LogP contribution is -2.30. The van der Waals surface area contributed by atoms with Crippen LogP contribution in [0.5, 0.6) is 0 Å². The van der Waals surface area contributed by atoms with Gasteiger partial charge in [0, 0.05) is 19.3 Å². The molecule has 0 spiro atoms. The first-order chi connectivity index (χ1) is 35.0. The highest BCUT2D eigenvalue weighted by molar-refractivity contribution is 5.71. The van der Waals surface area contributed by atoms with Crippen LogP contribution in [-0.2, 0) is 28.6 Å². The summed E-state index contributed by atoms with van der Waals surface area (Å²) in [7, 11) is 0. The van der Waals surface area contributed by atoms with Crippen molar-refractivity contribution >= 4 is 17.9 Å². The molecule has 0 saturated heterocycles. The van der Waals surface area contributed by atoms with Crippen molar-refractivity contribution in [3.63, 3.8) is 0 Å². The van der Waals surface area contributed by atoms with Gasteiger partial charge in [-0.15, -0.1) is 0 Å². The van der Waals surface area contributed by atoms with Crippen LogP contribution in [0.3, 0.4) is 0 Å². The fraction of sp³-hybridized carbons (Fsp3) is 0.738. The molecule has 6 heteroatoms. The van der Waals surface area contributed by atoms with Gasteiger partial charge in [0.15, 0.2) is 6.10 Å². The number of unbranched alkanes of at least 4 members (excludes halogenated alkanes) is 29. The Labute approximate surface area is 439 Å². The maximum absolute atomic E-state index is 12.8. The Morgan fingerprint density at radius 3 is 0.901 bits per heavy atom. The van der Waals surface area contributed by atoms with Crippen molar-refractivity contribution in [2.75, 3.05) is 13.2 Å². The van der Waals surface area contributed by atoms with Gasteiger partial charge in [-0.1, -0.05) is 260 Å². The summed E-state index contributed by atoms with van der Waals surface area (Å²) in [4.78, 5) is 38.1. The number of carbonyl (C=O) groups is 3. The molecule has 0 aromatic carbocycles. The molecule has 0 bridgehead atoms. The molecule has 0 radical (unpaired) electrons. The van der Waals surface area contributed by atoms with Crippen LogP contribution in [0.2, 0.25) is 0 Å². The summed E-state index contributed by atoms with van der Waals surface area (Å²) < 4.78 is 16.8. The average Bonchev–Trinajstić information content (AvgIpc) is 3.37. The first-order valence-corrected chi connectivity index (χ1v) is 30.1. The Balaban J connectivity index is 4.31. The highest BCUT2D eigenvalue weighted by atomic mass is 16.6. The van der Waals surface area contributed by atoms with E-state index in [9.17, 15) is 14.4 Å². The van der Waals surface area contributed by atoms with Crippen LogP contribution in [0.4, 0.5) is 0 Å². The molecule has 0 fully saturated rings. The maximum Gasteiger partial charge on any atom is 0.306 e. The largest absolute Gasteiger partial charge is 0.462 e. The third-order valence-electron chi connectivity index (χ3n) is 12.9. The smallest absolute Gasteiger partial charge is 0.306 e. The molecule has 1 unspecified atom stereocenters. The molecule has 0 saturated carbocycles. The molecule has 6 nitrogen and oxygen atoms in total. The van der Waals surface area contributed by atoms with Crippen LogP contribution in [0.1, 0.15) is 290 Å². The number of ether oxygens (including phenoxy) is 3. The second kappa shape index (κ2) is 59.2. The summed E-state index contributed by atoms with van der Waals surface area (Å²) in [6, 6.07) is 0. The topological polar surface area (TPSA) is 78.9 Å². The van der Waals surface area contributed by atoms with Gasteiger partial charge in [-0.25, -0.2) is 0 Å². The third kappa shape index (κ3) is 57.4. The van der Waals surface area contributed by atoms with Gasteiger partial charge in [0.1, 0.15) is 13.2 Å². The Kier molecular flexibility index (Phi) is 56.3. The maximum atomic E-state index is 12.8. The molecular formula is C65H112O6. The van der Waals surface area contributed by atoms with E-state index in [4.69, 9.17) is 14.2 Å². The molecule has 1 atom stereocenters. The highest BCUT2D eigenvalue weighted by Crippen LogP contribution is 2.16. The normalized spacial score (nSPS) is 12.7. The second-order valence-electron chi connectivity index (χ2n) is 19.9. The van der Waals surface area contributed by atoms with Crippen molar-refractivity contribution in [2.45, 2.75) is 297 Å². The number of carbonyl (C=O) groups excluding carboxylic acids is 3. The van der Waals surface area contributed by atoms with E-state index in [1.807, 2.05) is 0 Å². The molecule has 71 heavy (non-hydrogen) atoms. The van der Waals surface area contributed by atoms with Gasteiger partial charge in [0.2, 0.25) is 0 Å². The number of hydrogen-bond donors (Lipinski definition) is 0. The van der Waals surface area contributed by atoms with Crippen molar-refractivity contribution < 1.29 is 28.6 Å². The summed E-state index contributed by atoms with van der Waals surface area (Å²) in [5, 5.41) is 0. The minimum Gasteiger partial charge on any atom is -0.462 e. The Morgan fingerprint density at radius 1 is 0.296 bits per heavy atom. The van der Waals surface area contributed by atoms with E-state index in [1.165, 1.54) is 154 Å². The van der Waals surface area contributed by atoms with Gasteiger partial charge in [-0.2, -0.15) is 0 Å². The third-order valence-corrected chi connectivity index (χ3v) is 12.9. The van der Waals surface area contributed by atoms with Gasteiger partial charge in [-0.3, -0.25) is 14.4 Å². The molecule has 0 aliphatic carbocycles. The summed E-state index contributed by atoms with van der Waals surface area (Å²) in [5.74, 6) is -0.933. The van der Waals surface area contributed by atoms with Gasteiger partial charge in [0.25, 0.3) is 0 Å². The lowest BCUT2D eigenvalue weighted by atomic mass is 10.0. The number of allylic oxidation sites excluding steroid dienone is 14. The lowest BCUT2D eigenvalue weighted by molar-refractivity contribution is -0.167. The Hall–Kier alpha value is -3.41. The number of rotatable bonds is 54. The molecule has 0 aliphatic rings. The molecule has 0 amide bonds. The fourth-order valence-corrected chi connectivity index (χ4v) is 8.38. The van der Waals surface area contributed by atoms with E-state index < -0.39 is 6.10 Å². The van der Waals surface area contributed by atoms with Crippen LogP contribution < -0.4 is 0 Å². The molecule has 0 heterocycles. The molecule has 0 aromatic rings. The van der Waals surface area contributed by atoms with Crippen LogP contribution in [0, 0.1) is 0 Å². The predicted molar refractivity (Wildman–Crippen MR) is 307 cm³/mol. The van der Waals surface area contributed by atoms with E-state index in [1.54, 1.807) is 0 Å². The van der Waals surface area contributed by atoms with Gasteiger partial charge in [-0.05, 0) is 96.3 Å². The number of hydrogen-bond acceptors (Lipinski definition) is 6. The zero-order valence-electron chi connectivity index (χ0n) is 46.7. The van der Waals surface area contributed by atoms with Gasteiger partial charge < -0.3 is 14.2 Å². The molecule has 408 valence electrons. The molecule has 0 rings (SSSR count). The van der Waals surface area contributed by atoms with Crippen molar-refractivity contribution in [2.24, 2.45) is 0 Å². The highest BCUT2D eigenvalue weighted by Gasteiger charge is 2.19. The molecular weight excluding hydrogens is 877 g/mol. The van der Waals surface area contributed by atoms with Gasteiger partial charge >= 0.3 is 17.9 Å². The lowest BCUT2D eigenvalue weighted by Gasteiger charge is -2.18. The van der Waals surface area contributed by atoms with Crippen molar-refractivity contribution in [1.29, 1.82) is 0 Å². The number of esters is 3. The van der Waals surface area contributed by atoms with Crippen molar-refractivity contribution in [3.05, 3.63) is 85.1 Å². The van der Waals surface area contributed by atoms with E-state index in [-0.39, 0.29) is 37.5 Å². The minimum absolute atomic E-state index is 0.0927. The van der Waals surface area contributed by atoms with E-state index in [0.717, 1.165) is 89.9 Å². The van der Waals surface area contributed by atoms with E-state index in [0.29, 0.717) is 19.3 Å². The quantitative estimate of drug-likeness (QED) is 0.0261. The van der Waals surface area contributed by atoms with Gasteiger partial charge in [0.05, 0.1) is 0 Å². The van der Waals surface area contributed by atoms with Crippen molar-refractivity contribution in [1.82, 2.24) is 0 Å².